The molecule has 738 valence electrons. The van der Waals surface area contributed by atoms with E-state index in [1.165, 1.54) is 164 Å². The van der Waals surface area contributed by atoms with E-state index in [2.05, 4.69) is 142 Å². The van der Waals surface area contributed by atoms with Crippen LogP contribution < -0.4 is 33.2 Å². The number of alkyl halides is 1. The molecule has 6 heterocycles. The Morgan fingerprint density at radius 1 is 0.394 bits per heavy atom. The van der Waals surface area contributed by atoms with Gasteiger partial charge < -0.3 is 37.2 Å². The SMILES string of the molecule is Nc1nonc1C(=Nc1ccc(F)c(Br)c1)NO.Nc1nonc1C(=Nc1ccc(F)c(Cl)c1)NO.O/N=C(\Cc1ccc(F)c(Cl)c1)c1nonc1CCCO/N=C\c1ccc(F)cc1.O=C(Cc1ccc(F)cc1)Nc1nonc1/C(Cc1ccc(F)c(Cl)c1)=N/O.O=C(Cc1nonc1/C(Cc1ccc(F)c(Cl)c1)=N/O)c1ccc(F)cc1.ONC(=Nc1ccc(F)c(Cl)c1)c1nonc1CCCF. The van der Waals surface area contributed by atoms with Gasteiger partial charge in [0.05, 0.1) is 72.4 Å². The molecule has 0 aliphatic carbocycles. The van der Waals surface area contributed by atoms with E-state index in [4.69, 9.17) is 94.6 Å². The number of anilines is 3. The number of halogens is 16. The molecule has 0 saturated heterocycles. The Hall–Kier alpha value is -16.0. The van der Waals surface area contributed by atoms with Crippen LogP contribution in [0.25, 0.3) is 0 Å². The van der Waals surface area contributed by atoms with Crippen LogP contribution in [0.15, 0.2) is 250 Å². The number of rotatable bonds is 30. The number of nitrogens with one attached hydrogen (secondary N) is 4. The minimum absolute atomic E-state index is 0.00963. The van der Waals surface area contributed by atoms with Gasteiger partial charge in [-0.25, -0.2) is 82.3 Å². The molecule has 0 aliphatic rings. The van der Waals surface area contributed by atoms with Gasteiger partial charge in [-0.2, -0.15) is 0 Å². The summed E-state index contributed by atoms with van der Waals surface area (Å²) < 4.78 is 158. The highest BCUT2D eigenvalue weighted by Crippen LogP contribution is 2.29. The third-order valence-electron chi connectivity index (χ3n) is 18.2. The molecule has 1 amide bonds. The molecule has 15 rings (SSSR count). The number of Topliss-reactive ketones (excluding diaryl/α,β-unsaturated/α-hetero) is 1. The van der Waals surface area contributed by atoms with Gasteiger partial charge in [-0.3, -0.25) is 46.0 Å². The number of oxime groups is 4. The number of amides is 1. The van der Waals surface area contributed by atoms with Crippen molar-refractivity contribution in [3.05, 3.63) is 349 Å². The standard InChI is InChI=1S/C20H17ClF2N4O3.C18H13ClF2N4O3.C18H12ClF2N3O3.C12H11ClF2N4O2.C9H7BrFN5O2.C9H7ClFN5O2/c21-16-10-14(5-8-17(16)23)11-19(25-28)20-18(26-30-27-20)2-1-9-29-24-12-13-3-6-15(22)7-4-13;19-13-7-11(3-6-14(13)21)8-15(23-27)17-18(25-28-24-17)22-16(26)9-10-1-4-12(20)5-2-10;19-13-7-10(1-6-14(13)21)8-15(22-26)18-16(23-27-24-18)9-17(25)11-2-4-12(20)5-3-11;13-8-6-7(3-4-9(8)15)16-12(17-20)11-10(2-1-5-14)18-21-19-11;2*10-5-3-4(1-2-6(5)11)13-9(14-17)7-8(12)16-18-15-7/h3-8,10,12,28H,1-2,9,11H2;1-7,27H,8-9H2,(H,22,25,26);1-7,26H,8-9H2;3-4,6,20H,1-2,5H2,(H,16,17);2*1-3,17H,(H2,12,16)(H,13,14)/b24-12-,25-19+;23-15+;22-15+;;;. The zero-order valence-electron chi connectivity index (χ0n) is 71.7. The number of aliphatic imine (C=N–C) groups is 3. The van der Waals surface area contributed by atoms with Crippen molar-refractivity contribution in [3.8, 4) is 0 Å². The Balaban J connectivity index is 0.000000177. The van der Waals surface area contributed by atoms with Gasteiger partial charge in [-0.05, 0) is 255 Å². The molecule has 0 radical (unpaired) electrons. The van der Waals surface area contributed by atoms with Crippen LogP contribution in [0.1, 0.15) is 102 Å². The predicted octanol–water partition coefficient (Wildman–Crippen LogP) is 17.8. The van der Waals surface area contributed by atoms with Crippen LogP contribution in [0.3, 0.4) is 0 Å². The van der Waals surface area contributed by atoms with Crippen LogP contribution in [-0.4, -0.2) is 159 Å². The fourth-order valence-corrected chi connectivity index (χ4v) is 12.8. The van der Waals surface area contributed by atoms with Crippen molar-refractivity contribution in [1.29, 1.82) is 0 Å². The lowest BCUT2D eigenvalue weighted by atomic mass is 10.0. The largest absolute Gasteiger partial charge is 0.411 e. The molecule has 40 nitrogen and oxygen atoms in total. The number of nitrogens with zero attached hydrogens (tertiary/aromatic N) is 19. The van der Waals surface area contributed by atoms with E-state index in [-0.39, 0.29) is 184 Å². The number of amidine groups is 3. The van der Waals surface area contributed by atoms with Gasteiger partial charge in [0.1, 0.15) is 93.2 Å². The molecule has 0 spiro atoms. The van der Waals surface area contributed by atoms with Crippen LogP contribution in [-0.2, 0) is 54.6 Å². The van der Waals surface area contributed by atoms with Crippen molar-refractivity contribution >= 4 is 161 Å². The molecule has 14 N–H and O–H groups in total. The van der Waals surface area contributed by atoms with E-state index in [0.717, 1.165) is 12.1 Å². The van der Waals surface area contributed by atoms with Gasteiger partial charge in [-0.1, -0.05) is 137 Å². The molecular formula is C86H67BrCl5F10N25O15. The Morgan fingerprint density at radius 2 is 0.754 bits per heavy atom. The summed E-state index contributed by atoms with van der Waals surface area (Å²) in [7, 11) is 0. The summed E-state index contributed by atoms with van der Waals surface area (Å²) in [5.41, 5.74) is 22.6. The highest BCUT2D eigenvalue weighted by molar-refractivity contribution is 9.10. The minimum atomic E-state index is -0.583. The number of nitrogen functional groups attached to an aromatic ring is 2. The van der Waals surface area contributed by atoms with Gasteiger partial charge in [0.2, 0.25) is 11.7 Å². The molecule has 0 aliphatic heterocycles. The summed E-state index contributed by atoms with van der Waals surface area (Å²) in [5, 5.41) is 114. The Bertz CT molecular complexity index is 6900. The number of ketones is 1. The second-order valence-corrected chi connectivity index (χ2v) is 30.9. The van der Waals surface area contributed by atoms with Crippen LogP contribution >= 0.6 is 73.9 Å². The molecule has 6 aromatic heterocycles. The maximum atomic E-state index is 13.3. The van der Waals surface area contributed by atoms with E-state index in [0.29, 0.717) is 75.7 Å². The summed E-state index contributed by atoms with van der Waals surface area (Å²) in [4.78, 5) is 41.7. The number of aryl methyl sites for hydroxylation is 2. The Morgan fingerprint density at radius 3 is 1.18 bits per heavy atom. The quantitative estimate of drug-likeness (QED) is 0.00378. The minimum Gasteiger partial charge on any atom is -0.411 e. The van der Waals surface area contributed by atoms with Gasteiger partial charge in [0, 0.05) is 24.8 Å². The van der Waals surface area contributed by atoms with Gasteiger partial charge in [0.15, 0.2) is 69.1 Å². The summed E-state index contributed by atoms with van der Waals surface area (Å²) in [6.07, 6.45) is 3.01. The molecule has 15 aromatic rings. The highest BCUT2D eigenvalue weighted by atomic mass is 79.9. The van der Waals surface area contributed by atoms with E-state index >= 15 is 0 Å². The number of carbonyl (C=O) groups is 2. The number of hydrogen-bond donors (Lipinski definition) is 12. The lowest BCUT2D eigenvalue weighted by Crippen LogP contribution is -2.22. The maximum absolute atomic E-state index is 13.3. The first-order valence-electron chi connectivity index (χ1n) is 39.9. The topological polar surface area (TPSA) is 585 Å². The number of aromatic nitrogens is 12. The molecule has 142 heavy (non-hydrogen) atoms. The van der Waals surface area contributed by atoms with Crippen molar-refractivity contribution in [2.24, 2.45) is 35.6 Å². The van der Waals surface area contributed by atoms with Gasteiger partial charge in [-0.15, -0.1) is 0 Å². The van der Waals surface area contributed by atoms with E-state index < -0.39 is 59.1 Å². The predicted molar refractivity (Wildman–Crippen MR) is 491 cm³/mol. The number of nitrogens with two attached hydrogens (primary N) is 2. The van der Waals surface area contributed by atoms with Crippen LogP contribution in [0.5, 0.6) is 0 Å². The van der Waals surface area contributed by atoms with Crippen molar-refractivity contribution in [3.63, 3.8) is 0 Å². The molecule has 0 atom stereocenters. The Kier molecular flexibility index (Phi) is 41.3. The fourth-order valence-electron chi connectivity index (χ4n) is 11.4. The fraction of sp³-hybridized carbons (Fsp3) is 0.128. The normalized spacial score (nSPS) is 11.7. The lowest BCUT2D eigenvalue weighted by Gasteiger charge is -2.06. The smallest absolute Gasteiger partial charge is 0.230 e. The molecule has 0 bridgehead atoms. The van der Waals surface area contributed by atoms with Gasteiger partial charge >= 0.3 is 0 Å². The second-order valence-electron chi connectivity index (χ2n) is 28.0. The summed E-state index contributed by atoms with van der Waals surface area (Å²) in [5.74, 6) is -5.59. The lowest BCUT2D eigenvalue weighted by molar-refractivity contribution is -0.115. The van der Waals surface area contributed by atoms with Crippen molar-refractivity contribution < 1.29 is 117 Å². The van der Waals surface area contributed by atoms with Crippen LogP contribution in [0.2, 0.25) is 25.1 Å². The molecule has 0 unspecified atom stereocenters. The van der Waals surface area contributed by atoms with Gasteiger partial charge in [0.25, 0.3) is 0 Å². The molecule has 56 heteroatoms. The van der Waals surface area contributed by atoms with Crippen molar-refractivity contribution in [2.45, 2.75) is 57.8 Å². The first-order chi connectivity index (χ1) is 68.4. The van der Waals surface area contributed by atoms with E-state index in [9.17, 15) is 69.1 Å². The van der Waals surface area contributed by atoms with Crippen molar-refractivity contribution in [1.82, 2.24) is 78.3 Å². The third-order valence-corrected chi connectivity index (χ3v) is 20.3. The first kappa shape index (κ1) is 108. The zero-order chi connectivity index (χ0) is 102. The second kappa shape index (κ2) is 54.4. The molecule has 0 fully saturated rings. The first-order valence-corrected chi connectivity index (χ1v) is 42.6. The van der Waals surface area contributed by atoms with E-state index in [1.807, 2.05) is 11.0 Å². The zero-order valence-corrected chi connectivity index (χ0v) is 77.1. The average Bonchev–Trinajstić information content (AvgIpc) is 1.65. The summed E-state index contributed by atoms with van der Waals surface area (Å²) >= 11 is 31.6. The molecular weight excluding hydrogens is 2070 g/mol. The summed E-state index contributed by atoms with van der Waals surface area (Å²) in [6, 6.07) is 40.3. The highest BCUT2D eigenvalue weighted by Gasteiger charge is 2.26. The number of hydrogen-bond acceptors (Lipinski definition) is 36. The average molecular weight is 2140 g/mol. The Labute approximate surface area is 823 Å². The monoisotopic (exact) mass is 2130 g/mol. The molecule has 9 aromatic carbocycles. The number of hydroxylamine groups is 3. The number of carbonyl (C=O) groups excluding carboxylic acids is 2. The number of benzene rings is 9. The maximum Gasteiger partial charge on any atom is 0.230 e. The third kappa shape index (κ3) is 32.3. The van der Waals surface area contributed by atoms with E-state index in [1.54, 1.807) is 17.6 Å². The molecule has 0 saturated carbocycles. The van der Waals surface area contributed by atoms with Crippen LogP contribution in [0, 0.1) is 52.4 Å². The summed E-state index contributed by atoms with van der Waals surface area (Å²) in [6.45, 7) is -0.220. The van der Waals surface area contributed by atoms with Crippen LogP contribution in [0.4, 0.5) is 78.4 Å². The van der Waals surface area contributed by atoms with Crippen molar-refractivity contribution in [2.75, 3.05) is 30.1 Å².